The maximum Gasteiger partial charge on any atom is 0.157 e. The highest BCUT2D eigenvalue weighted by atomic mass is 32.1. The average molecular weight is 788 g/mol. The van der Waals surface area contributed by atoms with E-state index in [1.54, 1.807) is 0 Å². The van der Waals surface area contributed by atoms with Gasteiger partial charge in [-0.15, -0.1) is 11.3 Å². The molecule has 1 aliphatic carbocycles. The molecule has 0 radical (unpaired) electrons. The summed E-state index contributed by atoms with van der Waals surface area (Å²) in [5.74, 6) is 0.866. The molecule has 12 rings (SSSR count). The highest BCUT2D eigenvalue weighted by molar-refractivity contribution is 7.26. The minimum Gasteiger partial charge on any atom is -0.309 e. The molecule has 0 N–H and O–H groups in total. The quantitative estimate of drug-likeness (QED) is 0.166. The predicted octanol–water partition coefficient (Wildman–Crippen LogP) is 14.8. The molecular formula is C56H41N3S. The molecule has 0 bridgehead atoms. The monoisotopic (exact) mass is 787 g/mol. The molecule has 2 aliphatic rings. The van der Waals surface area contributed by atoms with Gasteiger partial charge in [0.05, 0.1) is 22.8 Å². The largest absolute Gasteiger partial charge is 0.309 e. The Labute approximate surface area is 353 Å². The first-order valence-corrected chi connectivity index (χ1v) is 21.7. The van der Waals surface area contributed by atoms with Gasteiger partial charge in [0.25, 0.3) is 0 Å². The third kappa shape index (κ3) is 5.27. The smallest absolute Gasteiger partial charge is 0.157 e. The number of hydrogen-bond donors (Lipinski definition) is 0. The molecule has 286 valence electrons. The van der Waals surface area contributed by atoms with E-state index in [1.165, 1.54) is 80.9 Å². The molecule has 1 aliphatic heterocycles. The summed E-state index contributed by atoms with van der Waals surface area (Å²) in [5.41, 5.74) is 15.6. The van der Waals surface area contributed by atoms with Gasteiger partial charge in [-0.05, 0) is 80.9 Å². The Bertz CT molecular complexity index is 3410. The third-order valence-electron chi connectivity index (χ3n) is 13.1. The second-order valence-corrected chi connectivity index (χ2v) is 18.0. The summed E-state index contributed by atoms with van der Waals surface area (Å²) in [4.78, 5) is 11.2. The van der Waals surface area contributed by atoms with Crippen LogP contribution in [0.3, 0.4) is 0 Å². The maximum absolute atomic E-state index is 5.62. The summed E-state index contributed by atoms with van der Waals surface area (Å²) in [5, 5.41) is 4.97. The zero-order valence-electron chi connectivity index (χ0n) is 33.7. The minimum atomic E-state index is -0.141. The molecule has 2 aromatic heterocycles. The van der Waals surface area contributed by atoms with Crippen molar-refractivity contribution in [1.29, 1.82) is 0 Å². The highest BCUT2D eigenvalue weighted by Crippen LogP contribution is 2.51. The molecular weight excluding hydrogens is 747 g/mol. The number of benzene rings is 8. The van der Waals surface area contributed by atoms with Gasteiger partial charge in [0.1, 0.15) is 0 Å². The van der Waals surface area contributed by atoms with Crippen LogP contribution in [-0.2, 0) is 5.41 Å². The van der Waals surface area contributed by atoms with Gasteiger partial charge in [0, 0.05) is 53.5 Å². The Morgan fingerprint density at radius 3 is 2.00 bits per heavy atom. The van der Waals surface area contributed by atoms with Crippen molar-refractivity contribution in [3.05, 3.63) is 210 Å². The van der Waals surface area contributed by atoms with E-state index < -0.39 is 0 Å². The summed E-state index contributed by atoms with van der Waals surface area (Å²) in [6, 6.07) is 66.6. The molecule has 0 fully saturated rings. The summed E-state index contributed by atoms with van der Waals surface area (Å²) >= 11 is 1.84. The number of aliphatic imine (C=N–C) groups is 2. The number of hydrogen-bond acceptors (Lipinski definition) is 3. The van der Waals surface area contributed by atoms with Gasteiger partial charge >= 0.3 is 0 Å². The van der Waals surface area contributed by atoms with E-state index in [9.17, 15) is 0 Å². The van der Waals surface area contributed by atoms with Crippen LogP contribution in [0, 0.1) is 5.92 Å². The van der Waals surface area contributed by atoms with Gasteiger partial charge in [-0.1, -0.05) is 166 Å². The van der Waals surface area contributed by atoms with Crippen molar-refractivity contribution in [1.82, 2.24) is 4.57 Å². The molecule has 10 aromatic rings. The Hall–Kier alpha value is -6.88. The molecule has 0 saturated heterocycles. The number of rotatable bonds is 5. The molecule has 0 saturated carbocycles. The molecule has 0 spiro atoms. The Kier molecular flexibility index (Phi) is 7.79. The number of thiophene rings is 1. The second-order valence-electron chi connectivity index (χ2n) is 16.9. The number of amidine groups is 1. The van der Waals surface area contributed by atoms with Gasteiger partial charge in [-0.2, -0.15) is 0 Å². The number of fused-ring (bicyclic) bond motifs is 9. The predicted molar refractivity (Wildman–Crippen MR) is 255 cm³/mol. The first-order valence-electron chi connectivity index (χ1n) is 20.9. The second kappa shape index (κ2) is 13.3. The standard InChI is InChI=1S/C56H41N3S/c1-34-52(36-19-9-5-10-20-36)57-55(58-53(34)37-21-11-6-12-22-37)46-31-39(30-45-42-24-14-16-26-51(42)60-54(45)46)59-49-29-38(35-17-7-4-8-18-35)27-28-41(49)44-32-43-40-23-13-15-25-47(40)56(2,3)48(43)33-50(44)59/h4-34,52H,1-3H3. The fraction of sp³-hybridized carbons (Fsp3) is 0.107. The zero-order valence-corrected chi connectivity index (χ0v) is 34.5. The van der Waals surface area contributed by atoms with Crippen molar-refractivity contribution < 1.29 is 0 Å². The van der Waals surface area contributed by atoms with Crippen molar-refractivity contribution in [2.45, 2.75) is 32.2 Å². The van der Waals surface area contributed by atoms with E-state index in [0.29, 0.717) is 0 Å². The topological polar surface area (TPSA) is 29.6 Å². The van der Waals surface area contributed by atoms with Crippen molar-refractivity contribution >= 4 is 64.9 Å². The molecule has 2 unspecified atom stereocenters. The fourth-order valence-corrected chi connectivity index (χ4v) is 11.3. The van der Waals surface area contributed by atoms with Crippen LogP contribution in [-0.4, -0.2) is 16.1 Å². The zero-order chi connectivity index (χ0) is 40.1. The van der Waals surface area contributed by atoms with Crippen LogP contribution in [0.5, 0.6) is 0 Å². The first kappa shape index (κ1) is 35.1. The number of aromatic nitrogens is 1. The van der Waals surface area contributed by atoms with Crippen molar-refractivity contribution in [2.24, 2.45) is 15.9 Å². The average Bonchev–Trinajstić information content (AvgIpc) is 3.91. The Morgan fingerprint density at radius 1 is 0.517 bits per heavy atom. The lowest BCUT2D eigenvalue weighted by molar-refractivity contribution is 0.592. The molecule has 4 heteroatoms. The Balaban J connectivity index is 1.18. The molecule has 0 amide bonds. The molecule has 60 heavy (non-hydrogen) atoms. The summed E-state index contributed by atoms with van der Waals surface area (Å²) in [6.07, 6.45) is 0. The van der Waals surface area contributed by atoms with Crippen LogP contribution < -0.4 is 0 Å². The first-order chi connectivity index (χ1) is 29.4. The van der Waals surface area contributed by atoms with Crippen LogP contribution in [0.15, 0.2) is 192 Å². The van der Waals surface area contributed by atoms with E-state index in [1.807, 2.05) is 11.3 Å². The van der Waals surface area contributed by atoms with Crippen molar-refractivity contribution in [3.8, 4) is 27.9 Å². The molecule has 2 atom stereocenters. The van der Waals surface area contributed by atoms with Crippen LogP contribution in [0.25, 0.3) is 69.9 Å². The lowest BCUT2D eigenvalue weighted by Crippen LogP contribution is -2.26. The van der Waals surface area contributed by atoms with E-state index in [0.717, 1.165) is 28.4 Å². The van der Waals surface area contributed by atoms with E-state index >= 15 is 0 Å². The summed E-state index contributed by atoms with van der Waals surface area (Å²) < 4.78 is 4.99. The van der Waals surface area contributed by atoms with Crippen LogP contribution in [0.1, 0.15) is 54.6 Å². The van der Waals surface area contributed by atoms with Crippen molar-refractivity contribution in [3.63, 3.8) is 0 Å². The highest BCUT2D eigenvalue weighted by Gasteiger charge is 2.36. The van der Waals surface area contributed by atoms with Crippen LogP contribution in [0.4, 0.5) is 0 Å². The maximum atomic E-state index is 5.62. The van der Waals surface area contributed by atoms with E-state index in [2.05, 4.69) is 207 Å². The molecule has 8 aromatic carbocycles. The SMILES string of the molecule is CC1C(c2ccccc2)=NC(c2cc(-n3c4cc(-c5ccccc5)ccc4c4cc5c(cc43)C(C)(C)c3ccccc3-5)cc3c2sc2ccccc23)=NC1c1ccccc1. The fourth-order valence-electron chi connectivity index (χ4n) is 10.1. The van der Waals surface area contributed by atoms with Crippen molar-refractivity contribution in [2.75, 3.05) is 0 Å². The normalized spacial score (nSPS) is 16.9. The summed E-state index contributed by atoms with van der Waals surface area (Å²) in [6.45, 7) is 7.02. The molecule has 3 nitrogen and oxygen atoms in total. The lowest BCUT2D eigenvalue weighted by atomic mass is 9.82. The van der Waals surface area contributed by atoms with Gasteiger partial charge in [-0.3, -0.25) is 4.99 Å². The molecule has 3 heterocycles. The van der Waals surface area contributed by atoms with E-state index in [4.69, 9.17) is 9.98 Å². The van der Waals surface area contributed by atoms with Gasteiger partial charge in [0.2, 0.25) is 0 Å². The Morgan fingerprint density at radius 2 is 1.20 bits per heavy atom. The van der Waals surface area contributed by atoms with Crippen LogP contribution >= 0.6 is 11.3 Å². The van der Waals surface area contributed by atoms with E-state index in [-0.39, 0.29) is 17.4 Å². The number of nitrogens with zero attached hydrogens (tertiary/aromatic N) is 3. The lowest BCUT2D eigenvalue weighted by Gasteiger charge is -2.28. The van der Waals surface area contributed by atoms with Gasteiger partial charge < -0.3 is 4.57 Å². The van der Waals surface area contributed by atoms with Gasteiger partial charge in [0.15, 0.2) is 5.84 Å². The van der Waals surface area contributed by atoms with Gasteiger partial charge in [-0.25, -0.2) is 4.99 Å². The summed E-state index contributed by atoms with van der Waals surface area (Å²) in [7, 11) is 0. The minimum absolute atomic E-state index is 0.0861. The van der Waals surface area contributed by atoms with Crippen LogP contribution in [0.2, 0.25) is 0 Å². The third-order valence-corrected chi connectivity index (χ3v) is 14.4.